The Morgan fingerprint density at radius 1 is 1.06 bits per heavy atom. The van der Waals surface area contributed by atoms with Gasteiger partial charge in [0.1, 0.15) is 12.1 Å². The summed E-state index contributed by atoms with van der Waals surface area (Å²) < 4.78 is 0. The molecule has 6 nitrogen and oxygen atoms in total. The lowest BCUT2D eigenvalue weighted by Gasteiger charge is -2.40. The van der Waals surface area contributed by atoms with E-state index in [1.54, 1.807) is 0 Å². The molecule has 2 N–H and O–H groups in total. The number of carboxylic acids is 1. The molecule has 2 aromatic carbocycles. The first-order chi connectivity index (χ1) is 15.0. The highest BCUT2D eigenvalue weighted by atomic mass is 32.1. The van der Waals surface area contributed by atoms with Crippen molar-refractivity contribution in [3.05, 3.63) is 71.3 Å². The molecular weight excluding hydrogens is 412 g/mol. The number of benzene rings is 2. The lowest BCUT2D eigenvalue weighted by Crippen LogP contribution is -2.56. The third kappa shape index (κ3) is 4.37. The van der Waals surface area contributed by atoms with Gasteiger partial charge in [-0.25, -0.2) is 4.79 Å². The average Bonchev–Trinajstić information content (AvgIpc) is 2.89. The predicted molar refractivity (Wildman–Crippen MR) is 120 cm³/mol. The Hall–Kier alpha value is -3.06. The van der Waals surface area contributed by atoms with Crippen LogP contribution in [0.1, 0.15) is 42.0 Å². The fraction of sp³-hybridized carbons (Fsp3) is 0.333. The number of rotatable bonds is 5. The molecule has 31 heavy (non-hydrogen) atoms. The van der Waals surface area contributed by atoms with E-state index in [1.165, 1.54) is 4.90 Å². The average molecular weight is 437 g/mol. The molecule has 1 saturated heterocycles. The standard InChI is InChI=1S/C24H24N2O4S/c27-22(21(31)13-15-7-2-1-3-8-15)25-18-14-16-9-4-5-10-17(16)19-11-6-12-20(24(29)30)26(19)23(18)28/h1-5,7-10,18-20H,6,11-14H2,(H,25,27)(H,29,30). The second kappa shape index (κ2) is 8.98. The number of carbonyl (C=O) groups excluding carboxylic acids is 2. The summed E-state index contributed by atoms with van der Waals surface area (Å²) in [5.74, 6) is -1.83. The molecule has 0 aliphatic carbocycles. The maximum atomic E-state index is 13.5. The molecule has 2 amide bonds. The van der Waals surface area contributed by atoms with Crippen molar-refractivity contribution in [3.63, 3.8) is 0 Å². The zero-order valence-electron chi connectivity index (χ0n) is 17.0. The molecule has 3 atom stereocenters. The second-order valence-electron chi connectivity index (χ2n) is 8.06. The molecule has 3 unspecified atom stereocenters. The largest absolute Gasteiger partial charge is 0.480 e. The fourth-order valence-electron chi connectivity index (χ4n) is 4.60. The van der Waals surface area contributed by atoms with Crippen molar-refractivity contribution in [3.8, 4) is 0 Å². The first kappa shape index (κ1) is 21.2. The van der Waals surface area contributed by atoms with Gasteiger partial charge in [-0.05, 0) is 36.0 Å². The van der Waals surface area contributed by atoms with E-state index in [0.29, 0.717) is 25.7 Å². The number of hydrogen-bond donors (Lipinski definition) is 2. The van der Waals surface area contributed by atoms with Crippen LogP contribution in [-0.2, 0) is 27.2 Å². The van der Waals surface area contributed by atoms with Gasteiger partial charge in [-0.15, -0.1) is 0 Å². The van der Waals surface area contributed by atoms with E-state index in [2.05, 4.69) is 5.32 Å². The molecule has 2 aromatic rings. The summed E-state index contributed by atoms with van der Waals surface area (Å²) in [7, 11) is 0. The van der Waals surface area contributed by atoms with Crippen molar-refractivity contribution >= 4 is 34.9 Å². The Morgan fingerprint density at radius 3 is 2.52 bits per heavy atom. The van der Waals surface area contributed by atoms with Gasteiger partial charge in [0.15, 0.2) is 0 Å². The lowest BCUT2D eigenvalue weighted by molar-refractivity contribution is -0.156. The molecule has 160 valence electrons. The van der Waals surface area contributed by atoms with Crippen molar-refractivity contribution in [1.29, 1.82) is 0 Å². The Kier molecular flexibility index (Phi) is 6.13. The summed E-state index contributed by atoms with van der Waals surface area (Å²) in [4.78, 5) is 39.9. The number of aliphatic carboxylic acids is 1. The van der Waals surface area contributed by atoms with E-state index >= 15 is 0 Å². The summed E-state index contributed by atoms with van der Waals surface area (Å²) in [6, 6.07) is 15.1. The number of nitrogens with one attached hydrogen (secondary N) is 1. The molecule has 0 saturated carbocycles. The topological polar surface area (TPSA) is 86.7 Å². The van der Waals surface area contributed by atoms with Gasteiger partial charge < -0.3 is 15.3 Å². The summed E-state index contributed by atoms with van der Waals surface area (Å²) in [6.07, 6.45) is 2.47. The number of piperidine rings is 1. The highest BCUT2D eigenvalue weighted by molar-refractivity contribution is 7.82. The van der Waals surface area contributed by atoms with E-state index in [1.807, 2.05) is 54.6 Å². The summed E-state index contributed by atoms with van der Waals surface area (Å²) in [5.41, 5.74) is 2.83. The van der Waals surface area contributed by atoms with E-state index in [-0.39, 0.29) is 16.8 Å². The minimum absolute atomic E-state index is 0.196. The zero-order chi connectivity index (χ0) is 22.0. The molecule has 1 fully saturated rings. The van der Waals surface area contributed by atoms with Crippen molar-refractivity contribution < 1.29 is 19.5 Å². The molecule has 2 heterocycles. The maximum absolute atomic E-state index is 13.5. The molecule has 0 radical (unpaired) electrons. The van der Waals surface area contributed by atoms with Gasteiger partial charge in [0, 0.05) is 12.8 Å². The Morgan fingerprint density at radius 2 is 1.77 bits per heavy atom. The first-order valence-electron chi connectivity index (χ1n) is 10.5. The molecule has 7 heteroatoms. The summed E-state index contributed by atoms with van der Waals surface area (Å²) in [5, 5.41) is 12.6. The smallest absolute Gasteiger partial charge is 0.326 e. The number of amides is 2. The Bertz CT molecular complexity index is 1020. The fourth-order valence-corrected chi connectivity index (χ4v) is 4.83. The summed E-state index contributed by atoms with van der Waals surface area (Å²) >= 11 is 5.33. The van der Waals surface area contributed by atoms with Gasteiger partial charge >= 0.3 is 5.97 Å². The van der Waals surface area contributed by atoms with Gasteiger partial charge in [-0.1, -0.05) is 66.8 Å². The molecule has 4 rings (SSSR count). The number of hydrogen-bond acceptors (Lipinski definition) is 4. The Balaban J connectivity index is 1.60. The van der Waals surface area contributed by atoms with Crippen molar-refractivity contribution in [2.75, 3.05) is 0 Å². The normalized spacial score (nSPS) is 22.6. The number of fused-ring (bicyclic) bond motifs is 3. The van der Waals surface area contributed by atoms with Gasteiger partial charge in [0.05, 0.1) is 10.9 Å². The number of carboxylic acid groups (broad SMARTS) is 1. The van der Waals surface area contributed by atoms with E-state index in [0.717, 1.165) is 23.1 Å². The first-order valence-corrected chi connectivity index (χ1v) is 10.9. The molecular formula is C24H24N2O4S. The van der Waals surface area contributed by atoms with Crippen LogP contribution < -0.4 is 5.32 Å². The van der Waals surface area contributed by atoms with Crippen molar-refractivity contribution in [2.45, 2.75) is 50.2 Å². The van der Waals surface area contributed by atoms with Crippen molar-refractivity contribution in [2.24, 2.45) is 0 Å². The molecule has 2 aliphatic rings. The summed E-state index contributed by atoms with van der Waals surface area (Å²) in [6.45, 7) is 0. The number of thiocarbonyl (C=S) groups is 1. The second-order valence-corrected chi connectivity index (χ2v) is 8.55. The number of nitrogens with zero attached hydrogens (tertiary/aromatic N) is 1. The Labute approximate surface area is 186 Å². The van der Waals surface area contributed by atoms with E-state index in [9.17, 15) is 19.5 Å². The van der Waals surface area contributed by atoms with Crippen LogP contribution in [-0.4, -0.2) is 44.7 Å². The van der Waals surface area contributed by atoms with E-state index < -0.39 is 24.0 Å². The third-order valence-corrected chi connectivity index (χ3v) is 6.40. The minimum atomic E-state index is -1.01. The molecule has 0 bridgehead atoms. The van der Waals surface area contributed by atoms with E-state index in [4.69, 9.17) is 12.2 Å². The quantitative estimate of drug-likeness (QED) is 0.704. The van der Waals surface area contributed by atoms with Gasteiger partial charge in [-0.3, -0.25) is 9.59 Å². The molecule has 0 aromatic heterocycles. The van der Waals surface area contributed by atoms with Crippen LogP contribution in [0.25, 0.3) is 0 Å². The zero-order valence-corrected chi connectivity index (χ0v) is 17.8. The highest BCUT2D eigenvalue weighted by Crippen LogP contribution is 2.39. The van der Waals surface area contributed by atoms with Crippen LogP contribution in [0.4, 0.5) is 0 Å². The highest BCUT2D eigenvalue weighted by Gasteiger charge is 2.44. The SMILES string of the molecule is O=C(NC1Cc2ccccc2C2CCCC(C(=O)O)N2C1=O)C(=S)Cc1ccccc1. The molecule has 2 aliphatic heterocycles. The van der Waals surface area contributed by atoms with Gasteiger partial charge in [0.2, 0.25) is 5.91 Å². The van der Waals surface area contributed by atoms with Crippen LogP contribution in [0, 0.1) is 0 Å². The molecule has 0 spiro atoms. The van der Waals surface area contributed by atoms with Crippen LogP contribution in [0.5, 0.6) is 0 Å². The van der Waals surface area contributed by atoms with Crippen LogP contribution in [0.15, 0.2) is 54.6 Å². The van der Waals surface area contributed by atoms with Crippen LogP contribution in [0.3, 0.4) is 0 Å². The monoisotopic (exact) mass is 436 g/mol. The number of carbonyl (C=O) groups is 3. The van der Waals surface area contributed by atoms with Crippen molar-refractivity contribution in [1.82, 2.24) is 10.2 Å². The maximum Gasteiger partial charge on any atom is 0.326 e. The van der Waals surface area contributed by atoms with Gasteiger partial charge in [0.25, 0.3) is 5.91 Å². The van der Waals surface area contributed by atoms with Crippen LogP contribution >= 0.6 is 12.2 Å². The predicted octanol–water partition coefficient (Wildman–Crippen LogP) is 2.85. The lowest BCUT2D eigenvalue weighted by atomic mass is 9.89. The third-order valence-electron chi connectivity index (χ3n) is 6.07. The van der Waals surface area contributed by atoms with Gasteiger partial charge in [-0.2, -0.15) is 0 Å². The van der Waals surface area contributed by atoms with Crippen LogP contribution in [0.2, 0.25) is 0 Å². The minimum Gasteiger partial charge on any atom is -0.480 e.